The Labute approximate surface area is 277 Å². The first-order valence-corrected chi connectivity index (χ1v) is 17.3. The summed E-state index contributed by atoms with van der Waals surface area (Å²) in [5, 5.41) is 2.61. The summed E-state index contributed by atoms with van der Waals surface area (Å²) in [5.41, 5.74) is 1.96. The van der Waals surface area contributed by atoms with Crippen molar-refractivity contribution >= 4 is 17.6 Å². The molecule has 6 atom stereocenters. The molecule has 2 aliphatic carbocycles. The van der Waals surface area contributed by atoms with Gasteiger partial charge in [0.05, 0.1) is 17.2 Å². The van der Waals surface area contributed by atoms with E-state index in [9.17, 15) is 22.8 Å². The van der Waals surface area contributed by atoms with E-state index in [1.54, 1.807) is 6.07 Å². The molecule has 1 N–H and O–H groups in total. The number of nitrogens with zero attached hydrogens (tertiary/aromatic N) is 1. The number of aryl methyl sites for hydroxylation is 2. The quantitative estimate of drug-likeness (QED) is 0.199. The van der Waals surface area contributed by atoms with Crippen molar-refractivity contribution in [3.05, 3.63) is 88.7 Å². The van der Waals surface area contributed by atoms with E-state index in [4.69, 9.17) is 4.74 Å². The highest BCUT2D eigenvalue weighted by atomic mass is 19.4. The largest absolute Gasteiger partial charge is 0.462 e. The number of benzene rings is 2. The minimum Gasteiger partial charge on any atom is -0.462 e. The van der Waals surface area contributed by atoms with Gasteiger partial charge in [-0.2, -0.15) is 13.2 Å². The molecule has 0 saturated heterocycles. The maximum absolute atomic E-state index is 14.2. The highest BCUT2D eigenvalue weighted by Gasteiger charge is 2.47. The summed E-state index contributed by atoms with van der Waals surface area (Å²) in [6.45, 7) is 10.5. The zero-order valence-corrected chi connectivity index (χ0v) is 28.3. The number of hydrogen-bond donors (Lipinski definition) is 1. The smallest absolute Gasteiger partial charge is 0.418 e. The second kappa shape index (κ2) is 14.7. The Morgan fingerprint density at radius 3 is 2.40 bits per heavy atom. The van der Waals surface area contributed by atoms with E-state index in [2.05, 4.69) is 38.2 Å². The number of carbonyl (C=O) groups is 2. The number of rotatable bonds is 12. The van der Waals surface area contributed by atoms with Gasteiger partial charge in [0.2, 0.25) is 0 Å². The molecule has 5 nitrogen and oxygen atoms in total. The van der Waals surface area contributed by atoms with Crippen LogP contribution in [0.2, 0.25) is 0 Å². The Balaban J connectivity index is 1.32. The van der Waals surface area contributed by atoms with Gasteiger partial charge in [-0.25, -0.2) is 0 Å². The summed E-state index contributed by atoms with van der Waals surface area (Å²) in [4.78, 5) is 26.9. The summed E-state index contributed by atoms with van der Waals surface area (Å²) < 4.78 is 50.5. The van der Waals surface area contributed by atoms with Crippen LogP contribution in [-0.4, -0.2) is 22.5 Å². The summed E-state index contributed by atoms with van der Waals surface area (Å²) in [6, 6.07) is 17.6. The van der Waals surface area contributed by atoms with Crippen LogP contribution in [0.5, 0.6) is 0 Å². The molecule has 47 heavy (non-hydrogen) atoms. The number of nitrogens with one attached hydrogen (secondary N) is 1. The zero-order valence-electron chi connectivity index (χ0n) is 28.3. The topological polar surface area (TPSA) is 60.3 Å². The van der Waals surface area contributed by atoms with E-state index >= 15 is 0 Å². The van der Waals surface area contributed by atoms with Gasteiger partial charge < -0.3 is 14.6 Å². The summed E-state index contributed by atoms with van der Waals surface area (Å²) in [6.07, 6.45) is 2.02. The van der Waals surface area contributed by atoms with Crippen molar-refractivity contribution in [2.24, 2.45) is 23.7 Å². The molecule has 0 bridgehead atoms. The molecule has 0 radical (unpaired) electrons. The minimum absolute atomic E-state index is 0.00780. The molecule has 2 fully saturated rings. The molecule has 1 amide bonds. The number of carbonyl (C=O) groups excluding carboxylic acids is 2. The number of amides is 1. The number of hydrogen-bond acceptors (Lipinski definition) is 3. The van der Waals surface area contributed by atoms with E-state index < -0.39 is 17.6 Å². The van der Waals surface area contributed by atoms with Crippen molar-refractivity contribution in [1.82, 2.24) is 4.57 Å². The summed E-state index contributed by atoms with van der Waals surface area (Å²) in [5.74, 6) is -0.259. The Morgan fingerprint density at radius 1 is 0.979 bits per heavy atom. The maximum Gasteiger partial charge on any atom is 0.418 e. The Kier molecular flexibility index (Phi) is 10.9. The number of ether oxygens (including phenoxy) is 1. The Morgan fingerprint density at radius 2 is 1.72 bits per heavy atom. The van der Waals surface area contributed by atoms with Crippen LogP contribution in [0.25, 0.3) is 0 Å². The third-order valence-corrected chi connectivity index (χ3v) is 10.4. The van der Waals surface area contributed by atoms with Gasteiger partial charge in [-0.05, 0) is 111 Å². The van der Waals surface area contributed by atoms with Gasteiger partial charge >= 0.3 is 12.1 Å². The lowest BCUT2D eigenvalue weighted by Gasteiger charge is -2.36. The van der Waals surface area contributed by atoms with Crippen molar-refractivity contribution in [3.63, 3.8) is 0 Å². The summed E-state index contributed by atoms with van der Waals surface area (Å²) in [7, 11) is 0. The van der Waals surface area contributed by atoms with E-state index in [-0.39, 0.29) is 35.6 Å². The molecular formula is C39H49F3N2O3. The van der Waals surface area contributed by atoms with E-state index in [1.807, 2.05) is 42.7 Å². The van der Waals surface area contributed by atoms with E-state index in [1.165, 1.54) is 17.7 Å². The first-order chi connectivity index (χ1) is 22.4. The van der Waals surface area contributed by atoms with E-state index in [0.717, 1.165) is 56.7 Å². The molecule has 0 unspecified atom stereocenters. The number of halogens is 3. The second-order valence-electron chi connectivity index (χ2n) is 14.2. The molecule has 2 aromatic carbocycles. The standard InChI is InChI=1S/C39H49F3N2O3/c1-6-26(5)44-29(14-10-13-27-11-8-7-9-12-27)17-20-35(44)37(45)43-34-22-28(16-19-33(34)39(40,41)42)31-23-32(31)38(46)47-36-21-25(4)15-18-30(36)24(2)3/h7-9,11-12,16-17,19-20,22,24-26,30-32,36H,6,10,13-15,18,21,23H2,1-5H3,(H,43,45)/t25-,26+,30+,31+,32+,36-/m1/s1. The number of anilines is 1. The highest BCUT2D eigenvalue weighted by molar-refractivity contribution is 6.04. The van der Waals surface area contributed by atoms with Crippen LogP contribution >= 0.6 is 0 Å². The van der Waals surface area contributed by atoms with E-state index in [0.29, 0.717) is 35.4 Å². The van der Waals surface area contributed by atoms with Crippen LogP contribution in [0, 0.1) is 23.7 Å². The SMILES string of the molecule is CC[C@H](C)n1c(CCCc2ccccc2)ccc1C(=O)Nc1cc([C@@H]2C[C@@H]2C(=O)O[C@@H]2C[C@H](C)CC[C@H]2C(C)C)ccc1C(F)(F)F. The second-order valence-corrected chi connectivity index (χ2v) is 14.2. The van der Waals surface area contributed by atoms with Gasteiger partial charge in [0, 0.05) is 11.7 Å². The number of aromatic nitrogens is 1. The van der Waals surface area contributed by atoms with Crippen LogP contribution in [0.1, 0.15) is 118 Å². The molecule has 0 aliphatic heterocycles. The highest BCUT2D eigenvalue weighted by Crippen LogP contribution is 2.50. The summed E-state index contributed by atoms with van der Waals surface area (Å²) >= 11 is 0. The predicted octanol–water partition coefficient (Wildman–Crippen LogP) is 10.0. The van der Waals surface area contributed by atoms with Gasteiger partial charge in [-0.3, -0.25) is 9.59 Å². The molecule has 1 aromatic heterocycles. The van der Waals surface area contributed by atoms with Crippen LogP contribution in [0.3, 0.4) is 0 Å². The lowest BCUT2D eigenvalue weighted by atomic mass is 9.75. The minimum atomic E-state index is -4.66. The third kappa shape index (κ3) is 8.31. The van der Waals surface area contributed by atoms with Crippen LogP contribution < -0.4 is 5.32 Å². The first kappa shape index (κ1) is 34.8. The zero-order chi connectivity index (χ0) is 33.9. The lowest BCUT2D eigenvalue weighted by molar-refractivity contribution is -0.157. The van der Waals surface area contributed by atoms with Crippen LogP contribution in [0.4, 0.5) is 18.9 Å². The Hall–Kier alpha value is -3.55. The number of esters is 1. The van der Waals surface area contributed by atoms with Crippen molar-refractivity contribution < 1.29 is 27.5 Å². The fourth-order valence-corrected chi connectivity index (χ4v) is 7.34. The van der Waals surface area contributed by atoms with Crippen molar-refractivity contribution in [3.8, 4) is 0 Å². The Bertz CT molecular complexity index is 1530. The van der Waals surface area contributed by atoms with Gasteiger partial charge in [0.15, 0.2) is 0 Å². The van der Waals surface area contributed by atoms with Crippen LogP contribution in [-0.2, 0) is 28.5 Å². The van der Waals surface area contributed by atoms with Crippen molar-refractivity contribution in [2.45, 2.75) is 110 Å². The third-order valence-electron chi connectivity index (χ3n) is 10.4. The molecule has 1 heterocycles. The normalized spacial score (nSPS) is 23.4. The van der Waals surface area contributed by atoms with Crippen LogP contribution in [0.15, 0.2) is 60.7 Å². The molecule has 2 aliphatic rings. The predicted molar refractivity (Wildman–Crippen MR) is 179 cm³/mol. The van der Waals surface area contributed by atoms with Crippen molar-refractivity contribution in [1.29, 1.82) is 0 Å². The lowest BCUT2D eigenvalue weighted by Crippen LogP contribution is -2.36. The van der Waals surface area contributed by atoms with Crippen molar-refractivity contribution in [2.75, 3.05) is 5.32 Å². The molecule has 8 heteroatoms. The molecule has 254 valence electrons. The monoisotopic (exact) mass is 650 g/mol. The molecule has 0 spiro atoms. The first-order valence-electron chi connectivity index (χ1n) is 17.3. The molecule has 5 rings (SSSR count). The molecule has 3 aromatic rings. The average molecular weight is 651 g/mol. The molecular weight excluding hydrogens is 601 g/mol. The van der Waals surface area contributed by atoms with Gasteiger partial charge in [0.25, 0.3) is 5.91 Å². The fraction of sp³-hybridized carbons (Fsp3) is 0.538. The van der Waals surface area contributed by atoms with Gasteiger partial charge in [0.1, 0.15) is 11.8 Å². The van der Waals surface area contributed by atoms with Gasteiger partial charge in [-0.1, -0.05) is 70.5 Å². The fourth-order valence-electron chi connectivity index (χ4n) is 7.34. The number of alkyl halides is 3. The van der Waals surface area contributed by atoms with Gasteiger partial charge in [-0.15, -0.1) is 0 Å². The maximum atomic E-state index is 14.2. The molecule has 2 saturated carbocycles. The average Bonchev–Trinajstić information content (AvgIpc) is 3.73.